The minimum Gasteiger partial charge on any atom is -0.490 e. The Morgan fingerprint density at radius 2 is 2.05 bits per heavy atom. The number of nitrogens with one attached hydrogen (secondary N) is 1. The number of halogens is 2. The van der Waals surface area contributed by atoms with E-state index >= 15 is 0 Å². The summed E-state index contributed by atoms with van der Waals surface area (Å²) in [7, 11) is 1.90. The molecule has 1 unspecified atom stereocenters. The molecule has 0 radical (unpaired) electrons. The van der Waals surface area contributed by atoms with Gasteiger partial charge in [-0.15, -0.1) is 12.4 Å². The summed E-state index contributed by atoms with van der Waals surface area (Å²) in [6.45, 7) is 5.99. The van der Waals surface area contributed by atoms with E-state index in [1.54, 1.807) is 12.1 Å². The summed E-state index contributed by atoms with van der Waals surface area (Å²) in [5.74, 6) is 1.76. The van der Waals surface area contributed by atoms with Crippen molar-refractivity contribution >= 4 is 24.0 Å². The zero-order valence-corrected chi connectivity index (χ0v) is 14.7. The maximum atomic E-state index is 6.06. The Kier molecular flexibility index (Phi) is 7.13. The second-order valence-electron chi connectivity index (χ2n) is 5.22. The quantitative estimate of drug-likeness (QED) is 0.863. The molecule has 7 heteroatoms. The molecular weight excluding hydrogens is 325 g/mol. The third-order valence-corrected chi connectivity index (χ3v) is 3.22. The number of nitrogens with zero attached hydrogens (tertiary/aromatic N) is 2. The van der Waals surface area contributed by atoms with Gasteiger partial charge in [0.2, 0.25) is 0 Å². The number of likely N-dealkylation sites (N-methyl/N-ethyl adjacent to an activating group) is 1. The van der Waals surface area contributed by atoms with Crippen molar-refractivity contribution in [2.75, 3.05) is 7.05 Å². The van der Waals surface area contributed by atoms with E-state index in [0.717, 1.165) is 0 Å². The third-order valence-electron chi connectivity index (χ3n) is 2.98. The molecule has 0 saturated carbocycles. The summed E-state index contributed by atoms with van der Waals surface area (Å²) < 4.78 is 11.1. The van der Waals surface area contributed by atoms with E-state index in [4.69, 9.17) is 20.9 Å². The first-order valence-corrected chi connectivity index (χ1v) is 7.33. The van der Waals surface area contributed by atoms with Crippen molar-refractivity contribution in [1.29, 1.82) is 0 Å². The summed E-state index contributed by atoms with van der Waals surface area (Å²) in [5.41, 5.74) is 0.715. The first-order chi connectivity index (χ1) is 9.99. The van der Waals surface area contributed by atoms with E-state index in [1.165, 1.54) is 0 Å². The Bertz CT molecular complexity index is 602. The molecule has 0 aliphatic rings. The second-order valence-corrected chi connectivity index (χ2v) is 5.65. The van der Waals surface area contributed by atoms with Crippen LogP contribution in [0, 0.1) is 0 Å². The van der Waals surface area contributed by atoms with Gasteiger partial charge in [0.25, 0.3) is 5.89 Å². The smallest absolute Gasteiger partial charge is 0.261 e. The van der Waals surface area contributed by atoms with Gasteiger partial charge in [-0.2, -0.15) is 4.98 Å². The molecule has 1 N–H and O–H groups in total. The molecule has 0 aliphatic carbocycles. The lowest BCUT2D eigenvalue weighted by atomic mass is 10.2. The van der Waals surface area contributed by atoms with Crippen LogP contribution in [-0.2, 0) is 6.42 Å². The van der Waals surface area contributed by atoms with Gasteiger partial charge in [-0.05, 0) is 46.0 Å². The van der Waals surface area contributed by atoms with Crippen LogP contribution in [0.1, 0.15) is 26.6 Å². The highest BCUT2D eigenvalue weighted by Crippen LogP contribution is 2.32. The van der Waals surface area contributed by atoms with E-state index in [-0.39, 0.29) is 24.6 Å². The van der Waals surface area contributed by atoms with Crippen molar-refractivity contribution < 1.29 is 9.26 Å². The molecule has 0 fully saturated rings. The molecule has 1 aromatic heterocycles. The van der Waals surface area contributed by atoms with Gasteiger partial charge in [0.15, 0.2) is 5.82 Å². The second kappa shape index (κ2) is 8.36. The van der Waals surface area contributed by atoms with Gasteiger partial charge < -0.3 is 14.6 Å². The van der Waals surface area contributed by atoms with Gasteiger partial charge in [-0.3, -0.25) is 0 Å². The summed E-state index contributed by atoms with van der Waals surface area (Å²) in [4.78, 5) is 4.42. The molecule has 1 heterocycles. The average molecular weight is 346 g/mol. The third kappa shape index (κ3) is 4.87. The largest absolute Gasteiger partial charge is 0.490 e. The van der Waals surface area contributed by atoms with Crippen molar-refractivity contribution in [2.45, 2.75) is 39.3 Å². The number of aromatic nitrogens is 2. The molecule has 0 spiro atoms. The molecule has 0 aliphatic heterocycles. The zero-order valence-electron chi connectivity index (χ0n) is 13.1. The first kappa shape index (κ1) is 18.7. The predicted molar refractivity (Wildman–Crippen MR) is 90.0 cm³/mol. The van der Waals surface area contributed by atoms with E-state index in [1.807, 2.05) is 27.0 Å². The van der Waals surface area contributed by atoms with Crippen molar-refractivity contribution in [2.24, 2.45) is 0 Å². The summed E-state index contributed by atoms with van der Waals surface area (Å²) in [6, 6.07) is 5.65. The lowest BCUT2D eigenvalue weighted by Crippen LogP contribution is -2.24. The first-order valence-electron chi connectivity index (χ1n) is 6.96. The fourth-order valence-electron chi connectivity index (χ4n) is 1.85. The fraction of sp³-hybridized carbons (Fsp3) is 0.467. The standard InChI is InChI=1S/C15H20ClN3O2.ClH/c1-9(2)20-13-6-5-11(16)8-12(13)15-18-14(19-21-15)7-10(3)17-4;/h5-6,8-10,17H,7H2,1-4H3;1H. The highest BCUT2D eigenvalue weighted by Gasteiger charge is 2.16. The maximum absolute atomic E-state index is 6.06. The predicted octanol–water partition coefficient (Wildman–Crippen LogP) is 3.75. The SMILES string of the molecule is CNC(C)Cc1noc(-c2cc(Cl)ccc2OC(C)C)n1.Cl. The van der Waals surface area contributed by atoms with Gasteiger partial charge in [-0.25, -0.2) is 0 Å². The van der Waals surface area contributed by atoms with Crippen LogP contribution in [-0.4, -0.2) is 29.3 Å². The lowest BCUT2D eigenvalue weighted by Gasteiger charge is -2.12. The monoisotopic (exact) mass is 345 g/mol. The maximum Gasteiger partial charge on any atom is 0.261 e. The number of ether oxygens (including phenoxy) is 1. The molecule has 2 aromatic rings. The van der Waals surface area contributed by atoms with Gasteiger partial charge in [-0.1, -0.05) is 16.8 Å². The van der Waals surface area contributed by atoms with Crippen molar-refractivity contribution in [1.82, 2.24) is 15.5 Å². The highest BCUT2D eigenvalue weighted by atomic mass is 35.5. The van der Waals surface area contributed by atoms with Crippen LogP contribution in [0.3, 0.4) is 0 Å². The molecule has 0 saturated heterocycles. The summed E-state index contributed by atoms with van der Waals surface area (Å²) in [6.07, 6.45) is 0.748. The van der Waals surface area contributed by atoms with E-state index < -0.39 is 0 Å². The normalized spacial score (nSPS) is 12.1. The molecular formula is C15H21Cl2N3O2. The Hall–Kier alpha value is -1.30. The van der Waals surface area contributed by atoms with Crippen LogP contribution < -0.4 is 10.1 Å². The summed E-state index contributed by atoms with van der Waals surface area (Å²) >= 11 is 6.06. The van der Waals surface area contributed by atoms with Gasteiger partial charge in [0.05, 0.1) is 11.7 Å². The zero-order chi connectivity index (χ0) is 15.4. The van der Waals surface area contributed by atoms with Crippen LogP contribution >= 0.6 is 24.0 Å². The topological polar surface area (TPSA) is 60.2 Å². The van der Waals surface area contributed by atoms with E-state index in [0.29, 0.717) is 34.5 Å². The van der Waals surface area contributed by atoms with Crippen molar-refractivity contribution in [3.05, 3.63) is 29.0 Å². The van der Waals surface area contributed by atoms with Crippen LogP contribution in [0.25, 0.3) is 11.5 Å². The van der Waals surface area contributed by atoms with Crippen molar-refractivity contribution in [3.63, 3.8) is 0 Å². The Morgan fingerprint density at radius 1 is 1.32 bits per heavy atom. The molecule has 2 rings (SSSR count). The fourth-order valence-corrected chi connectivity index (χ4v) is 2.02. The van der Waals surface area contributed by atoms with Gasteiger partial charge in [0, 0.05) is 17.5 Å². The number of benzene rings is 1. The Balaban J connectivity index is 0.00000242. The number of hydrogen-bond acceptors (Lipinski definition) is 5. The summed E-state index contributed by atoms with van der Waals surface area (Å²) in [5, 5.41) is 7.75. The minimum atomic E-state index is 0. The van der Waals surface area contributed by atoms with Gasteiger partial charge >= 0.3 is 0 Å². The number of hydrogen-bond donors (Lipinski definition) is 1. The van der Waals surface area contributed by atoms with Crippen LogP contribution in [0.4, 0.5) is 0 Å². The molecule has 1 atom stereocenters. The molecule has 122 valence electrons. The molecule has 1 aromatic carbocycles. The molecule has 5 nitrogen and oxygen atoms in total. The Morgan fingerprint density at radius 3 is 2.68 bits per heavy atom. The van der Waals surface area contributed by atoms with Crippen LogP contribution in [0.15, 0.2) is 22.7 Å². The van der Waals surface area contributed by atoms with Crippen LogP contribution in [0.5, 0.6) is 5.75 Å². The lowest BCUT2D eigenvalue weighted by molar-refractivity contribution is 0.242. The minimum absolute atomic E-state index is 0. The van der Waals surface area contributed by atoms with Crippen LogP contribution in [0.2, 0.25) is 5.02 Å². The average Bonchev–Trinajstić information content (AvgIpc) is 2.88. The number of rotatable bonds is 6. The Labute approximate surface area is 141 Å². The van der Waals surface area contributed by atoms with E-state index in [9.17, 15) is 0 Å². The highest BCUT2D eigenvalue weighted by molar-refractivity contribution is 6.30. The van der Waals surface area contributed by atoms with Gasteiger partial charge in [0.1, 0.15) is 5.75 Å². The van der Waals surface area contributed by atoms with Crippen molar-refractivity contribution in [3.8, 4) is 17.2 Å². The van der Waals surface area contributed by atoms with E-state index in [2.05, 4.69) is 22.4 Å². The molecule has 22 heavy (non-hydrogen) atoms. The molecule has 0 amide bonds. The molecule has 0 bridgehead atoms.